The average Bonchev–Trinajstić information content (AvgIpc) is 2.47. The summed E-state index contributed by atoms with van der Waals surface area (Å²) in [5.74, 6) is 0.636. The molecule has 2 heterocycles. The van der Waals surface area contributed by atoms with Crippen molar-refractivity contribution in [2.75, 3.05) is 44.7 Å². The summed E-state index contributed by atoms with van der Waals surface area (Å²) in [6.07, 6.45) is 1.66. The number of nitrogens with one attached hydrogen (secondary N) is 1. The van der Waals surface area contributed by atoms with Gasteiger partial charge in [-0.2, -0.15) is 5.26 Å². The van der Waals surface area contributed by atoms with Gasteiger partial charge < -0.3 is 15.1 Å². The summed E-state index contributed by atoms with van der Waals surface area (Å²) in [6, 6.07) is 3.96. The molecule has 0 aromatic carbocycles. The standard InChI is InChI=1S/C14H19N5O/c1-11-3-4-17-14(12(11)9-15)18(2)10-13(20)19-7-5-16-6-8-19/h3-4,16H,5-8,10H2,1-2H3. The lowest BCUT2D eigenvalue weighted by molar-refractivity contribution is -0.130. The van der Waals surface area contributed by atoms with Crippen molar-refractivity contribution in [1.29, 1.82) is 5.26 Å². The van der Waals surface area contributed by atoms with Crippen molar-refractivity contribution in [3.05, 3.63) is 23.4 Å². The lowest BCUT2D eigenvalue weighted by Gasteiger charge is -2.29. The van der Waals surface area contributed by atoms with E-state index in [1.54, 1.807) is 24.2 Å². The molecule has 1 N–H and O–H groups in total. The molecular weight excluding hydrogens is 254 g/mol. The van der Waals surface area contributed by atoms with E-state index in [0.717, 1.165) is 31.7 Å². The van der Waals surface area contributed by atoms with Crippen molar-refractivity contribution >= 4 is 11.7 Å². The van der Waals surface area contributed by atoms with Gasteiger partial charge in [0.05, 0.1) is 12.1 Å². The van der Waals surface area contributed by atoms with Crippen LogP contribution in [-0.4, -0.2) is 55.6 Å². The molecule has 0 spiro atoms. The highest BCUT2D eigenvalue weighted by atomic mass is 16.2. The van der Waals surface area contributed by atoms with Crippen molar-refractivity contribution in [3.8, 4) is 6.07 Å². The fourth-order valence-electron chi connectivity index (χ4n) is 2.26. The number of amides is 1. The molecule has 1 amide bonds. The van der Waals surface area contributed by atoms with Gasteiger partial charge in [-0.15, -0.1) is 0 Å². The molecule has 20 heavy (non-hydrogen) atoms. The molecule has 0 saturated carbocycles. The largest absolute Gasteiger partial charge is 0.349 e. The Morgan fingerprint density at radius 1 is 1.55 bits per heavy atom. The van der Waals surface area contributed by atoms with Crippen LogP contribution in [0.1, 0.15) is 11.1 Å². The molecule has 0 unspecified atom stereocenters. The SMILES string of the molecule is Cc1ccnc(N(C)CC(=O)N2CCNCC2)c1C#N. The summed E-state index contributed by atoms with van der Waals surface area (Å²) in [5.41, 5.74) is 1.40. The van der Waals surface area contributed by atoms with Crippen LogP contribution in [0.25, 0.3) is 0 Å². The van der Waals surface area contributed by atoms with E-state index in [4.69, 9.17) is 0 Å². The predicted molar refractivity (Wildman–Crippen MR) is 76.4 cm³/mol. The van der Waals surface area contributed by atoms with Crippen molar-refractivity contribution in [3.63, 3.8) is 0 Å². The molecule has 1 saturated heterocycles. The summed E-state index contributed by atoms with van der Waals surface area (Å²) < 4.78 is 0. The molecule has 6 heteroatoms. The van der Waals surface area contributed by atoms with E-state index in [0.29, 0.717) is 11.4 Å². The lowest BCUT2D eigenvalue weighted by atomic mass is 10.1. The van der Waals surface area contributed by atoms with Crippen molar-refractivity contribution in [1.82, 2.24) is 15.2 Å². The number of carbonyl (C=O) groups is 1. The normalized spacial score (nSPS) is 14.8. The van der Waals surface area contributed by atoms with Gasteiger partial charge in [0, 0.05) is 39.4 Å². The van der Waals surface area contributed by atoms with Crippen LogP contribution in [0.4, 0.5) is 5.82 Å². The van der Waals surface area contributed by atoms with Gasteiger partial charge in [-0.05, 0) is 18.6 Å². The number of hydrogen-bond acceptors (Lipinski definition) is 5. The third kappa shape index (κ3) is 3.06. The highest BCUT2D eigenvalue weighted by Crippen LogP contribution is 2.18. The van der Waals surface area contributed by atoms with E-state index in [1.165, 1.54) is 0 Å². The molecule has 1 aromatic heterocycles. The van der Waals surface area contributed by atoms with Gasteiger partial charge in [0.15, 0.2) is 0 Å². The van der Waals surface area contributed by atoms with Crippen LogP contribution in [0.5, 0.6) is 0 Å². The summed E-state index contributed by atoms with van der Waals surface area (Å²) in [6.45, 7) is 5.25. The van der Waals surface area contributed by atoms with Crippen LogP contribution in [0.15, 0.2) is 12.3 Å². The Labute approximate surface area is 119 Å². The molecule has 2 rings (SSSR count). The van der Waals surface area contributed by atoms with Crippen LogP contribution in [-0.2, 0) is 4.79 Å². The first kappa shape index (κ1) is 14.3. The highest BCUT2D eigenvalue weighted by Gasteiger charge is 2.19. The van der Waals surface area contributed by atoms with Crippen molar-refractivity contribution in [2.24, 2.45) is 0 Å². The molecule has 0 radical (unpaired) electrons. The molecule has 1 aromatic rings. The molecule has 1 aliphatic heterocycles. The summed E-state index contributed by atoms with van der Waals surface area (Å²) >= 11 is 0. The molecular formula is C14H19N5O. The Bertz CT molecular complexity index is 531. The summed E-state index contributed by atoms with van der Waals surface area (Å²) in [7, 11) is 1.79. The second-order valence-corrected chi connectivity index (χ2v) is 4.93. The number of carbonyl (C=O) groups excluding carboxylic acids is 1. The van der Waals surface area contributed by atoms with Gasteiger partial charge in [-0.25, -0.2) is 4.98 Å². The number of aryl methyl sites for hydroxylation is 1. The van der Waals surface area contributed by atoms with Gasteiger partial charge >= 0.3 is 0 Å². The van der Waals surface area contributed by atoms with Crippen molar-refractivity contribution < 1.29 is 4.79 Å². The molecule has 106 valence electrons. The smallest absolute Gasteiger partial charge is 0.242 e. The fraction of sp³-hybridized carbons (Fsp3) is 0.500. The summed E-state index contributed by atoms with van der Waals surface area (Å²) in [4.78, 5) is 20.0. The van der Waals surface area contributed by atoms with Crippen LogP contribution < -0.4 is 10.2 Å². The molecule has 1 fully saturated rings. The minimum atomic E-state index is 0.0706. The number of likely N-dealkylation sites (N-methyl/N-ethyl adjacent to an activating group) is 1. The zero-order valence-corrected chi connectivity index (χ0v) is 11.9. The maximum absolute atomic E-state index is 12.2. The van der Waals surface area contributed by atoms with E-state index in [2.05, 4.69) is 16.4 Å². The second kappa shape index (κ2) is 6.35. The number of rotatable bonds is 3. The van der Waals surface area contributed by atoms with E-state index in [1.807, 2.05) is 11.8 Å². The van der Waals surface area contributed by atoms with Crippen LogP contribution in [0.3, 0.4) is 0 Å². The highest BCUT2D eigenvalue weighted by molar-refractivity contribution is 5.81. The monoisotopic (exact) mass is 273 g/mol. The fourth-order valence-corrected chi connectivity index (χ4v) is 2.26. The first-order chi connectivity index (χ1) is 9.63. The molecule has 1 aliphatic rings. The van der Waals surface area contributed by atoms with E-state index >= 15 is 0 Å². The summed E-state index contributed by atoms with van der Waals surface area (Å²) in [5, 5.41) is 12.4. The Kier molecular flexibility index (Phi) is 4.53. The van der Waals surface area contributed by atoms with E-state index < -0.39 is 0 Å². The number of anilines is 1. The first-order valence-corrected chi connectivity index (χ1v) is 6.69. The average molecular weight is 273 g/mol. The number of pyridine rings is 1. The topological polar surface area (TPSA) is 72.3 Å². The number of hydrogen-bond donors (Lipinski definition) is 1. The number of aromatic nitrogens is 1. The number of nitriles is 1. The Hall–Kier alpha value is -2.13. The first-order valence-electron chi connectivity index (χ1n) is 6.69. The van der Waals surface area contributed by atoms with Crippen LogP contribution in [0.2, 0.25) is 0 Å². The quantitative estimate of drug-likeness (QED) is 0.847. The Morgan fingerprint density at radius 2 is 2.25 bits per heavy atom. The number of piperazine rings is 1. The van der Waals surface area contributed by atoms with Gasteiger partial charge in [0.1, 0.15) is 11.9 Å². The minimum Gasteiger partial charge on any atom is -0.349 e. The molecule has 0 atom stereocenters. The zero-order chi connectivity index (χ0) is 14.5. The van der Waals surface area contributed by atoms with Crippen LogP contribution in [0, 0.1) is 18.3 Å². The second-order valence-electron chi connectivity index (χ2n) is 4.93. The zero-order valence-electron chi connectivity index (χ0n) is 11.9. The Morgan fingerprint density at radius 3 is 2.90 bits per heavy atom. The third-order valence-electron chi connectivity index (χ3n) is 3.45. The van der Waals surface area contributed by atoms with Gasteiger partial charge in [-0.1, -0.05) is 0 Å². The third-order valence-corrected chi connectivity index (χ3v) is 3.45. The predicted octanol–water partition coefficient (Wildman–Crippen LogP) is 0.130. The van der Waals surface area contributed by atoms with Gasteiger partial charge in [0.2, 0.25) is 5.91 Å². The maximum Gasteiger partial charge on any atom is 0.242 e. The van der Waals surface area contributed by atoms with Gasteiger partial charge in [-0.3, -0.25) is 4.79 Å². The number of nitrogens with zero attached hydrogens (tertiary/aromatic N) is 4. The maximum atomic E-state index is 12.2. The van der Waals surface area contributed by atoms with E-state index in [-0.39, 0.29) is 12.5 Å². The molecule has 0 aliphatic carbocycles. The van der Waals surface area contributed by atoms with Crippen LogP contribution >= 0.6 is 0 Å². The molecule has 6 nitrogen and oxygen atoms in total. The minimum absolute atomic E-state index is 0.0706. The molecule has 0 bridgehead atoms. The van der Waals surface area contributed by atoms with Crippen molar-refractivity contribution in [2.45, 2.75) is 6.92 Å². The lowest BCUT2D eigenvalue weighted by Crippen LogP contribution is -2.49. The van der Waals surface area contributed by atoms with E-state index in [9.17, 15) is 10.1 Å². The Balaban J connectivity index is 2.08. The van der Waals surface area contributed by atoms with Gasteiger partial charge in [0.25, 0.3) is 0 Å².